The fourth-order valence-corrected chi connectivity index (χ4v) is 3.76. The fraction of sp³-hybridized carbons (Fsp3) is 0.519. The summed E-state index contributed by atoms with van der Waals surface area (Å²) < 4.78 is 7.39. The molecule has 0 saturated heterocycles. The lowest BCUT2D eigenvalue weighted by Gasteiger charge is -2.15. The molecule has 2 N–H and O–H groups in total. The molecule has 5 nitrogen and oxygen atoms in total. The molecule has 5 heteroatoms. The van der Waals surface area contributed by atoms with E-state index >= 15 is 0 Å². The van der Waals surface area contributed by atoms with Crippen LogP contribution in [0.5, 0.6) is 17.2 Å². The number of ether oxygens (including phenoxy) is 1. The monoisotopic (exact) mass is 441 g/mol. The van der Waals surface area contributed by atoms with E-state index in [1.807, 2.05) is 13.0 Å². The van der Waals surface area contributed by atoms with Crippen LogP contribution in [0.1, 0.15) is 79.1 Å². The van der Waals surface area contributed by atoms with Crippen LogP contribution in [0.2, 0.25) is 0 Å². The number of pyridine rings is 1. The predicted molar refractivity (Wildman–Crippen MR) is 133 cm³/mol. The highest BCUT2D eigenvalue weighted by Crippen LogP contribution is 2.33. The second-order valence-corrected chi connectivity index (χ2v) is 8.79. The van der Waals surface area contributed by atoms with Crippen molar-refractivity contribution < 1.29 is 14.9 Å². The van der Waals surface area contributed by atoms with Crippen molar-refractivity contribution in [1.29, 1.82) is 0 Å². The third-order valence-corrected chi connectivity index (χ3v) is 5.67. The summed E-state index contributed by atoms with van der Waals surface area (Å²) in [7, 11) is 0. The zero-order valence-electron chi connectivity index (χ0n) is 20.1. The first kappa shape index (κ1) is 25.6. The molecule has 0 atom stereocenters. The Morgan fingerprint density at radius 2 is 1.75 bits per heavy atom. The van der Waals surface area contributed by atoms with E-state index in [0.29, 0.717) is 17.4 Å². The Morgan fingerprint density at radius 3 is 2.47 bits per heavy atom. The Morgan fingerprint density at radius 1 is 1.03 bits per heavy atom. The van der Waals surface area contributed by atoms with Gasteiger partial charge in [0.15, 0.2) is 5.75 Å². The van der Waals surface area contributed by atoms with Crippen LogP contribution in [-0.2, 0) is 6.54 Å². The maximum absolute atomic E-state index is 13.2. The number of nitrogens with zero attached hydrogens (tertiary/aromatic N) is 1. The van der Waals surface area contributed by atoms with E-state index < -0.39 is 0 Å². The van der Waals surface area contributed by atoms with Crippen molar-refractivity contribution in [1.82, 2.24) is 4.57 Å². The van der Waals surface area contributed by atoms with Gasteiger partial charge < -0.3 is 19.5 Å². The first-order valence-corrected chi connectivity index (χ1v) is 11.9. The number of allylic oxidation sites excluding steroid dienone is 3. The summed E-state index contributed by atoms with van der Waals surface area (Å²) in [5.74, 6) is -0.126. The maximum Gasteiger partial charge on any atom is 0.297 e. The number of hydrogen-bond donors (Lipinski definition) is 2. The molecule has 1 aromatic carbocycles. The lowest BCUT2D eigenvalue weighted by molar-refractivity contribution is 0.328. The van der Waals surface area contributed by atoms with Crippen molar-refractivity contribution in [3.05, 3.63) is 51.9 Å². The summed E-state index contributed by atoms with van der Waals surface area (Å²) in [6, 6.07) is 4.67. The van der Waals surface area contributed by atoms with Crippen molar-refractivity contribution in [3.63, 3.8) is 0 Å². The number of hydrogen-bond acceptors (Lipinski definition) is 4. The van der Waals surface area contributed by atoms with E-state index in [0.717, 1.165) is 32.1 Å². The van der Waals surface area contributed by atoms with Crippen LogP contribution in [0, 0.1) is 0 Å². The summed E-state index contributed by atoms with van der Waals surface area (Å²) in [5, 5.41) is 21.2. The topological polar surface area (TPSA) is 71.7 Å². The number of benzene rings is 1. The second kappa shape index (κ2) is 13.0. The minimum absolute atomic E-state index is 0.0254. The van der Waals surface area contributed by atoms with Crippen molar-refractivity contribution >= 4 is 10.9 Å². The van der Waals surface area contributed by atoms with E-state index in [-0.39, 0.29) is 29.4 Å². The van der Waals surface area contributed by atoms with E-state index in [1.165, 1.54) is 42.5 Å². The van der Waals surface area contributed by atoms with Crippen molar-refractivity contribution in [2.24, 2.45) is 0 Å². The average molecular weight is 442 g/mol. The van der Waals surface area contributed by atoms with Gasteiger partial charge in [0, 0.05) is 18.0 Å². The van der Waals surface area contributed by atoms with Gasteiger partial charge in [0.25, 0.3) is 5.56 Å². The van der Waals surface area contributed by atoms with Gasteiger partial charge in [-0.15, -0.1) is 0 Å². The Bertz CT molecular complexity index is 997. The first-order chi connectivity index (χ1) is 15.3. The third-order valence-electron chi connectivity index (χ3n) is 5.67. The van der Waals surface area contributed by atoms with Crippen LogP contribution < -0.4 is 10.3 Å². The molecule has 176 valence electrons. The minimum Gasteiger partial charge on any atom is -0.508 e. The molecule has 0 unspecified atom stereocenters. The largest absolute Gasteiger partial charge is 0.508 e. The minimum atomic E-state index is -0.357. The summed E-state index contributed by atoms with van der Waals surface area (Å²) in [6.45, 7) is 9.16. The van der Waals surface area contributed by atoms with Gasteiger partial charge in [0.1, 0.15) is 12.4 Å². The van der Waals surface area contributed by atoms with Crippen LogP contribution in [0.25, 0.3) is 10.9 Å². The number of unbranched alkanes of at least 4 members (excludes halogenated alkanes) is 5. The quantitative estimate of drug-likeness (QED) is 0.263. The van der Waals surface area contributed by atoms with E-state index in [1.54, 1.807) is 10.6 Å². The van der Waals surface area contributed by atoms with Crippen LogP contribution in [0.4, 0.5) is 0 Å². The van der Waals surface area contributed by atoms with Crippen LogP contribution >= 0.6 is 0 Å². The maximum atomic E-state index is 13.2. The molecule has 0 fully saturated rings. The normalized spacial score (nSPS) is 11.7. The Labute approximate surface area is 192 Å². The third kappa shape index (κ3) is 7.47. The van der Waals surface area contributed by atoms with Crippen molar-refractivity contribution in [2.45, 2.75) is 85.6 Å². The number of aromatic hydroxyl groups is 2. The molecule has 0 aliphatic heterocycles. The summed E-state index contributed by atoms with van der Waals surface area (Å²) in [6.07, 6.45) is 12.7. The zero-order valence-corrected chi connectivity index (χ0v) is 20.1. The molecule has 0 spiro atoms. The van der Waals surface area contributed by atoms with Crippen molar-refractivity contribution in [2.75, 3.05) is 6.61 Å². The van der Waals surface area contributed by atoms with Gasteiger partial charge in [0.2, 0.25) is 5.75 Å². The molecule has 0 bridgehead atoms. The highest BCUT2D eigenvalue weighted by Gasteiger charge is 2.18. The van der Waals surface area contributed by atoms with Crippen LogP contribution in [0.3, 0.4) is 0 Å². The number of aromatic nitrogens is 1. The molecule has 0 amide bonds. The molecule has 0 aliphatic carbocycles. The summed E-state index contributed by atoms with van der Waals surface area (Å²) >= 11 is 0. The summed E-state index contributed by atoms with van der Waals surface area (Å²) in [4.78, 5) is 13.2. The molecular formula is C27H39NO4. The standard InChI is InChI=1S/C27H39NO4/c1-5-6-7-8-9-10-17-28-24-19-22(29)14-15-23(24)25(30)26(27(28)31)32-18-16-21(4)13-11-12-20(2)3/h12,14-16,19,29-30H,5-11,13,17-18H2,1-4H3/b21-16+. The molecular weight excluding hydrogens is 402 g/mol. The fourth-order valence-electron chi connectivity index (χ4n) is 3.76. The van der Waals surface area contributed by atoms with Gasteiger partial charge in [-0.25, -0.2) is 0 Å². The van der Waals surface area contributed by atoms with Crippen LogP contribution in [0.15, 0.2) is 46.3 Å². The molecule has 0 radical (unpaired) electrons. The number of fused-ring (bicyclic) bond motifs is 1. The molecule has 2 aromatic rings. The lowest BCUT2D eigenvalue weighted by Crippen LogP contribution is -2.23. The molecule has 2 rings (SSSR count). The average Bonchev–Trinajstić information content (AvgIpc) is 2.74. The number of phenolic OH excluding ortho intramolecular Hbond substituents is 1. The van der Waals surface area contributed by atoms with Gasteiger partial charge in [-0.3, -0.25) is 4.79 Å². The lowest BCUT2D eigenvalue weighted by atomic mass is 10.1. The number of rotatable bonds is 13. The molecule has 0 aliphatic rings. The Hall–Kier alpha value is -2.69. The second-order valence-electron chi connectivity index (χ2n) is 8.79. The SMILES string of the molecule is CCCCCCCCn1c(=O)c(OC/C=C(\C)CCC=C(C)C)c(O)c2ccc(O)cc21. The Kier molecular flexibility index (Phi) is 10.4. The molecule has 1 heterocycles. The molecule has 32 heavy (non-hydrogen) atoms. The van der Waals surface area contributed by atoms with Gasteiger partial charge >= 0.3 is 0 Å². The molecule has 0 saturated carbocycles. The van der Waals surface area contributed by atoms with Gasteiger partial charge in [0.05, 0.1) is 5.52 Å². The zero-order chi connectivity index (χ0) is 23.5. The first-order valence-electron chi connectivity index (χ1n) is 11.9. The van der Waals surface area contributed by atoms with Crippen LogP contribution in [-0.4, -0.2) is 21.4 Å². The number of aryl methyl sites for hydroxylation is 1. The van der Waals surface area contributed by atoms with E-state index in [4.69, 9.17) is 4.74 Å². The smallest absolute Gasteiger partial charge is 0.297 e. The number of phenols is 1. The van der Waals surface area contributed by atoms with E-state index in [9.17, 15) is 15.0 Å². The van der Waals surface area contributed by atoms with E-state index in [2.05, 4.69) is 26.8 Å². The van der Waals surface area contributed by atoms with Gasteiger partial charge in [-0.05, 0) is 58.2 Å². The highest BCUT2D eigenvalue weighted by atomic mass is 16.5. The Balaban J connectivity index is 2.21. The van der Waals surface area contributed by atoms with Crippen molar-refractivity contribution in [3.8, 4) is 17.2 Å². The molecule has 1 aromatic heterocycles. The summed E-state index contributed by atoms with van der Waals surface area (Å²) in [5.41, 5.74) is 2.65. The highest BCUT2D eigenvalue weighted by molar-refractivity contribution is 5.88. The van der Waals surface area contributed by atoms with Gasteiger partial charge in [-0.1, -0.05) is 56.3 Å². The predicted octanol–water partition coefficient (Wildman–Crippen LogP) is 6.84. The van der Waals surface area contributed by atoms with Gasteiger partial charge in [-0.2, -0.15) is 0 Å².